The fraction of sp³-hybridized carbons (Fsp3) is 0.154. The Morgan fingerprint density at radius 3 is 2.95 bits per heavy atom. The van der Waals surface area contributed by atoms with Crippen LogP contribution in [0.3, 0.4) is 0 Å². The number of rotatable bonds is 2. The van der Waals surface area contributed by atoms with Gasteiger partial charge in [-0.05, 0) is 6.07 Å². The maximum atomic E-state index is 4.67. The van der Waals surface area contributed by atoms with Gasteiger partial charge in [-0.2, -0.15) is 0 Å². The number of pyridine rings is 1. The van der Waals surface area contributed by atoms with Crippen LogP contribution in [0.4, 0.5) is 5.82 Å². The Kier molecular flexibility index (Phi) is 2.51. The number of thiazole rings is 1. The van der Waals surface area contributed by atoms with E-state index in [1.807, 2.05) is 36.6 Å². The second-order valence-electron chi connectivity index (χ2n) is 4.43. The predicted octanol–water partition coefficient (Wildman–Crippen LogP) is 3.35. The van der Waals surface area contributed by atoms with E-state index >= 15 is 0 Å². The molecule has 0 aromatic carbocycles. The zero-order valence-corrected chi connectivity index (χ0v) is 12.5. The number of aryl methyl sites for hydroxylation is 1. The van der Waals surface area contributed by atoms with Crippen molar-refractivity contribution < 1.29 is 0 Å². The number of aromatic nitrogens is 4. The van der Waals surface area contributed by atoms with Gasteiger partial charge in [0.15, 0.2) is 5.82 Å². The fourth-order valence-electron chi connectivity index (χ4n) is 2.30. The summed E-state index contributed by atoms with van der Waals surface area (Å²) in [5.74, 6) is 0.816. The standard InChI is InChI=1S/C13H11N5S2/c1-14-12-9-10(18(2)6-16-9)11-7(17-12)5-8(20-11)13-15-3-4-19-13/h3-6H,1-2H3,(H,14,17). The molecule has 0 saturated carbocycles. The van der Waals surface area contributed by atoms with Crippen molar-refractivity contribution in [2.45, 2.75) is 0 Å². The second kappa shape index (κ2) is 4.26. The SMILES string of the molecule is CNc1nc2cc(-c3nccs3)sc2c2c1ncn2C. The number of hydrogen-bond acceptors (Lipinski definition) is 6. The normalized spacial score (nSPS) is 11.5. The highest BCUT2D eigenvalue weighted by atomic mass is 32.1. The monoisotopic (exact) mass is 301 g/mol. The number of imidazole rings is 1. The van der Waals surface area contributed by atoms with Gasteiger partial charge in [0.2, 0.25) is 0 Å². The highest BCUT2D eigenvalue weighted by Crippen LogP contribution is 2.38. The molecule has 4 heterocycles. The third-order valence-corrected chi connectivity index (χ3v) is 5.27. The van der Waals surface area contributed by atoms with E-state index in [2.05, 4.69) is 26.3 Å². The second-order valence-corrected chi connectivity index (χ2v) is 6.37. The lowest BCUT2D eigenvalue weighted by atomic mass is 10.3. The summed E-state index contributed by atoms with van der Waals surface area (Å²) >= 11 is 3.37. The minimum atomic E-state index is 0.816. The van der Waals surface area contributed by atoms with Crippen LogP contribution >= 0.6 is 22.7 Å². The van der Waals surface area contributed by atoms with Gasteiger partial charge in [0.1, 0.15) is 10.5 Å². The molecule has 7 heteroatoms. The average Bonchev–Trinajstić information content (AvgIpc) is 3.15. The molecule has 1 N–H and O–H groups in total. The van der Waals surface area contributed by atoms with Crippen LogP contribution in [0.25, 0.3) is 31.1 Å². The Morgan fingerprint density at radius 2 is 2.20 bits per heavy atom. The summed E-state index contributed by atoms with van der Waals surface area (Å²) in [4.78, 5) is 14.6. The maximum absolute atomic E-state index is 4.67. The molecular formula is C13H11N5S2. The molecule has 0 aliphatic rings. The minimum Gasteiger partial charge on any atom is -0.371 e. The zero-order valence-electron chi connectivity index (χ0n) is 10.9. The Bertz CT molecular complexity index is 904. The first-order valence-corrected chi connectivity index (χ1v) is 7.79. The summed E-state index contributed by atoms with van der Waals surface area (Å²) in [7, 11) is 3.88. The molecule has 20 heavy (non-hydrogen) atoms. The van der Waals surface area contributed by atoms with E-state index in [-0.39, 0.29) is 0 Å². The summed E-state index contributed by atoms with van der Waals surface area (Å²) < 4.78 is 3.20. The first-order valence-electron chi connectivity index (χ1n) is 6.10. The number of thiophene rings is 1. The van der Waals surface area contributed by atoms with Crippen LogP contribution in [-0.4, -0.2) is 26.6 Å². The number of nitrogens with zero attached hydrogens (tertiary/aromatic N) is 4. The van der Waals surface area contributed by atoms with E-state index in [1.54, 1.807) is 22.7 Å². The third-order valence-electron chi connectivity index (χ3n) is 3.20. The molecule has 0 fully saturated rings. The van der Waals surface area contributed by atoms with Gasteiger partial charge in [-0.1, -0.05) is 0 Å². The van der Waals surface area contributed by atoms with Crippen molar-refractivity contribution >= 4 is 49.7 Å². The summed E-state index contributed by atoms with van der Waals surface area (Å²) in [6, 6.07) is 2.10. The Balaban J connectivity index is 2.11. The molecule has 0 radical (unpaired) electrons. The van der Waals surface area contributed by atoms with E-state index in [9.17, 15) is 0 Å². The molecule has 0 saturated heterocycles. The van der Waals surface area contributed by atoms with Crippen molar-refractivity contribution in [1.29, 1.82) is 0 Å². The molecule has 4 aromatic rings. The van der Waals surface area contributed by atoms with Crippen molar-refractivity contribution in [2.75, 3.05) is 12.4 Å². The smallest absolute Gasteiger partial charge is 0.154 e. The van der Waals surface area contributed by atoms with Gasteiger partial charge in [0.05, 0.1) is 26.9 Å². The van der Waals surface area contributed by atoms with Crippen molar-refractivity contribution in [2.24, 2.45) is 7.05 Å². The molecule has 0 aliphatic heterocycles. The first kappa shape index (κ1) is 11.8. The van der Waals surface area contributed by atoms with E-state index < -0.39 is 0 Å². The van der Waals surface area contributed by atoms with Crippen LogP contribution in [-0.2, 0) is 7.05 Å². The van der Waals surface area contributed by atoms with Crippen LogP contribution in [0.5, 0.6) is 0 Å². The van der Waals surface area contributed by atoms with Crippen LogP contribution in [0.1, 0.15) is 0 Å². The molecular weight excluding hydrogens is 290 g/mol. The Morgan fingerprint density at radius 1 is 1.30 bits per heavy atom. The van der Waals surface area contributed by atoms with Crippen molar-refractivity contribution in [3.05, 3.63) is 24.0 Å². The lowest BCUT2D eigenvalue weighted by Crippen LogP contribution is -1.94. The number of anilines is 1. The fourth-order valence-corrected chi connectivity index (χ4v) is 4.20. The molecule has 5 nitrogen and oxygen atoms in total. The molecule has 0 unspecified atom stereocenters. The molecule has 4 rings (SSSR count). The summed E-state index contributed by atoms with van der Waals surface area (Å²) in [6.45, 7) is 0. The Hall–Kier alpha value is -1.99. The topological polar surface area (TPSA) is 55.6 Å². The van der Waals surface area contributed by atoms with Crippen molar-refractivity contribution in [3.8, 4) is 9.88 Å². The molecule has 4 aromatic heterocycles. The minimum absolute atomic E-state index is 0.816. The lowest BCUT2D eigenvalue weighted by molar-refractivity contribution is 0.951. The number of hydrogen-bond donors (Lipinski definition) is 1. The lowest BCUT2D eigenvalue weighted by Gasteiger charge is -2.02. The highest BCUT2D eigenvalue weighted by molar-refractivity contribution is 7.26. The van der Waals surface area contributed by atoms with Gasteiger partial charge in [-0.15, -0.1) is 22.7 Å². The molecule has 0 amide bonds. The van der Waals surface area contributed by atoms with E-state index in [0.29, 0.717) is 0 Å². The average molecular weight is 301 g/mol. The van der Waals surface area contributed by atoms with Gasteiger partial charge in [0, 0.05) is 25.7 Å². The van der Waals surface area contributed by atoms with E-state index in [4.69, 9.17) is 0 Å². The van der Waals surface area contributed by atoms with Crippen LogP contribution in [0, 0.1) is 0 Å². The Labute approximate surface area is 122 Å². The molecule has 0 spiro atoms. The zero-order chi connectivity index (χ0) is 13.7. The van der Waals surface area contributed by atoms with Gasteiger partial charge in [-0.25, -0.2) is 15.0 Å². The first-order chi connectivity index (χ1) is 9.78. The highest BCUT2D eigenvalue weighted by Gasteiger charge is 2.16. The number of fused-ring (bicyclic) bond motifs is 3. The van der Waals surface area contributed by atoms with Gasteiger partial charge < -0.3 is 9.88 Å². The molecule has 100 valence electrons. The maximum Gasteiger partial charge on any atom is 0.154 e. The van der Waals surface area contributed by atoms with Crippen molar-refractivity contribution in [1.82, 2.24) is 19.5 Å². The molecule has 0 aliphatic carbocycles. The van der Waals surface area contributed by atoms with Crippen molar-refractivity contribution in [3.63, 3.8) is 0 Å². The summed E-state index contributed by atoms with van der Waals surface area (Å²) in [5.41, 5.74) is 3.02. The van der Waals surface area contributed by atoms with E-state index in [1.165, 1.54) is 0 Å². The largest absolute Gasteiger partial charge is 0.371 e. The van der Waals surface area contributed by atoms with Crippen LogP contribution in [0.2, 0.25) is 0 Å². The van der Waals surface area contributed by atoms with Crippen LogP contribution < -0.4 is 5.32 Å². The summed E-state index contributed by atoms with van der Waals surface area (Å²) in [5, 5.41) is 6.15. The molecule has 0 bridgehead atoms. The van der Waals surface area contributed by atoms with Gasteiger partial charge >= 0.3 is 0 Å². The van der Waals surface area contributed by atoms with Gasteiger partial charge in [-0.3, -0.25) is 0 Å². The van der Waals surface area contributed by atoms with Gasteiger partial charge in [0.25, 0.3) is 0 Å². The predicted molar refractivity (Wildman–Crippen MR) is 84.5 cm³/mol. The molecule has 0 atom stereocenters. The quantitative estimate of drug-likeness (QED) is 0.617. The van der Waals surface area contributed by atoms with E-state index in [0.717, 1.165) is 37.0 Å². The number of nitrogens with one attached hydrogen (secondary N) is 1. The third kappa shape index (κ3) is 1.56. The van der Waals surface area contributed by atoms with Crippen LogP contribution in [0.15, 0.2) is 24.0 Å². The summed E-state index contributed by atoms with van der Waals surface area (Å²) in [6.07, 6.45) is 3.66.